The van der Waals surface area contributed by atoms with E-state index in [0.29, 0.717) is 32.5 Å². The van der Waals surface area contributed by atoms with E-state index in [2.05, 4.69) is 28.1 Å². The smallest absolute Gasteiger partial charge is 0.453 e. The minimum atomic E-state index is -1.26. The molecule has 0 aromatic heterocycles. The quantitative estimate of drug-likeness (QED) is 0.341. The van der Waals surface area contributed by atoms with Crippen LogP contribution in [0, 0.1) is 36.8 Å². The monoisotopic (exact) mass is 342 g/mol. The van der Waals surface area contributed by atoms with E-state index in [1.807, 2.05) is 0 Å². The maximum Gasteiger partial charge on any atom is 0.496 e. The van der Waals surface area contributed by atoms with Crippen LogP contribution in [0.25, 0.3) is 9.69 Å². The Labute approximate surface area is 148 Å². The molecule has 0 aromatic carbocycles. The highest BCUT2D eigenvalue weighted by Gasteiger charge is 2.59. The van der Waals surface area contributed by atoms with Gasteiger partial charge in [0.1, 0.15) is 5.92 Å². The van der Waals surface area contributed by atoms with E-state index in [-0.39, 0.29) is 24.9 Å². The summed E-state index contributed by atoms with van der Waals surface area (Å²) in [5, 5.41) is 0. The molecule has 1 unspecified atom stereocenters. The Hall–Kier alpha value is -2.33. The Bertz CT molecular complexity index is 642. The highest BCUT2D eigenvalue weighted by molar-refractivity contribution is 5.66. The zero-order valence-corrected chi connectivity index (χ0v) is 14.4. The lowest BCUT2D eigenvalue weighted by Crippen LogP contribution is -2.46. The number of allylic oxidation sites excluding steroid dienone is 1. The molecule has 2 rings (SSSR count). The maximum absolute atomic E-state index is 10.7. The first kappa shape index (κ1) is 19.0. The molecule has 6 heteroatoms. The number of carbonyl (C=O) groups is 1. The van der Waals surface area contributed by atoms with E-state index in [1.165, 1.54) is 6.92 Å². The van der Waals surface area contributed by atoms with Gasteiger partial charge in [-0.05, 0) is 6.42 Å². The second kappa shape index (κ2) is 8.17. The fraction of sp³-hybridized carbons (Fsp3) is 0.632. The lowest BCUT2D eigenvalue weighted by Gasteiger charge is -2.39. The molecule has 0 radical (unpaired) electrons. The molecule has 132 valence electrons. The van der Waals surface area contributed by atoms with Crippen LogP contribution in [0.2, 0.25) is 0 Å². The van der Waals surface area contributed by atoms with E-state index < -0.39 is 17.4 Å². The molecular formula is C19H22N2O4. The highest BCUT2D eigenvalue weighted by atomic mass is 16.7. The first-order valence-corrected chi connectivity index (χ1v) is 8.27. The van der Waals surface area contributed by atoms with Crippen molar-refractivity contribution in [3.05, 3.63) is 35.5 Å². The zero-order valence-electron chi connectivity index (χ0n) is 14.4. The number of hydrogen-bond donors (Lipinski definition) is 0. The summed E-state index contributed by atoms with van der Waals surface area (Å²) in [5.41, 5.74) is -1.26. The van der Waals surface area contributed by atoms with Crippen molar-refractivity contribution in [1.82, 2.24) is 0 Å². The van der Waals surface area contributed by atoms with Crippen LogP contribution in [-0.4, -0.2) is 37.2 Å². The van der Waals surface area contributed by atoms with Crippen molar-refractivity contribution >= 4 is 5.97 Å². The Morgan fingerprint density at radius 2 is 2.08 bits per heavy atom. The Morgan fingerprint density at radius 3 is 2.64 bits per heavy atom. The summed E-state index contributed by atoms with van der Waals surface area (Å²) in [7, 11) is 0. The van der Waals surface area contributed by atoms with Gasteiger partial charge in [0.05, 0.1) is 13.2 Å². The van der Waals surface area contributed by atoms with Crippen LogP contribution in [0.15, 0.2) is 12.7 Å². The maximum atomic E-state index is 10.7. The summed E-state index contributed by atoms with van der Waals surface area (Å²) >= 11 is 0. The van der Waals surface area contributed by atoms with Gasteiger partial charge in [-0.2, -0.15) is 0 Å². The van der Waals surface area contributed by atoms with Crippen LogP contribution in [0.4, 0.5) is 0 Å². The number of carbonyl (C=O) groups excluding carboxylic acids is 1. The fourth-order valence-corrected chi connectivity index (χ4v) is 3.56. The van der Waals surface area contributed by atoms with E-state index in [9.17, 15) is 4.79 Å². The number of hydrogen-bond acceptors (Lipinski definition) is 4. The first-order chi connectivity index (χ1) is 12.0. The third kappa shape index (κ3) is 4.20. The second-order valence-electron chi connectivity index (χ2n) is 6.27. The molecule has 0 amide bonds. The van der Waals surface area contributed by atoms with Crippen molar-refractivity contribution in [3.63, 3.8) is 0 Å². The summed E-state index contributed by atoms with van der Waals surface area (Å²) in [5.74, 6) is 4.31. The molecule has 6 nitrogen and oxygen atoms in total. The normalized spacial score (nSPS) is 24.4. The summed E-state index contributed by atoms with van der Waals surface area (Å²) < 4.78 is 16.3. The highest BCUT2D eigenvalue weighted by Crippen LogP contribution is 2.48. The van der Waals surface area contributed by atoms with Gasteiger partial charge in [-0.15, -0.1) is 6.58 Å². The SMILES string of the molecule is [C-]#[N+]C(CC#CCOC(C)=O)([N+]#[C-])C1CCC2(C[C@H]1C=C)OCCO2. The fourth-order valence-electron chi connectivity index (χ4n) is 3.56. The topological polar surface area (TPSA) is 53.5 Å². The largest absolute Gasteiger partial charge is 0.496 e. The number of nitrogens with zero attached hydrogens (tertiary/aromatic N) is 2. The average molecular weight is 342 g/mol. The lowest BCUT2D eigenvalue weighted by molar-refractivity contribution is -0.192. The van der Waals surface area contributed by atoms with E-state index in [0.717, 1.165) is 0 Å². The van der Waals surface area contributed by atoms with Crippen molar-refractivity contribution in [2.45, 2.75) is 44.1 Å². The van der Waals surface area contributed by atoms with Crippen LogP contribution in [0.1, 0.15) is 32.6 Å². The van der Waals surface area contributed by atoms with E-state index >= 15 is 0 Å². The molecule has 0 bridgehead atoms. The molecule has 1 spiro atoms. The first-order valence-electron chi connectivity index (χ1n) is 8.27. The molecule has 1 aliphatic carbocycles. The molecule has 2 fully saturated rings. The van der Waals surface area contributed by atoms with Crippen LogP contribution >= 0.6 is 0 Å². The van der Waals surface area contributed by atoms with Gasteiger partial charge in [0.25, 0.3) is 0 Å². The van der Waals surface area contributed by atoms with Gasteiger partial charge in [0.2, 0.25) is 0 Å². The lowest BCUT2D eigenvalue weighted by atomic mass is 9.69. The Balaban J connectivity index is 2.12. The molecule has 25 heavy (non-hydrogen) atoms. The predicted molar refractivity (Wildman–Crippen MR) is 90.6 cm³/mol. The van der Waals surface area contributed by atoms with Crippen molar-refractivity contribution in [3.8, 4) is 11.8 Å². The minimum Gasteiger partial charge on any atom is -0.453 e. The van der Waals surface area contributed by atoms with Gasteiger partial charge in [0.15, 0.2) is 18.8 Å². The summed E-state index contributed by atoms with van der Waals surface area (Å²) in [4.78, 5) is 18.1. The molecule has 1 saturated heterocycles. The predicted octanol–water partition coefficient (Wildman–Crippen LogP) is 2.82. The molecule has 1 heterocycles. The van der Waals surface area contributed by atoms with E-state index in [1.54, 1.807) is 6.08 Å². The standard InChI is InChI=1S/C19H22N2O4/c1-5-16-14-18(24-12-13-25-18)10-8-17(16)19(20-3,21-4)9-6-7-11-23-15(2)22/h5,16-17H,1,8-14H2,2H3/t16-,17?/m1/s1. The third-order valence-corrected chi connectivity index (χ3v) is 4.82. The van der Waals surface area contributed by atoms with Crippen LogP contribution in [0.3, 0.4) is 0 Å². The van der Waals surface area contributed by atoms with Crippen molar-refractivity contribution < 1.29 is 19.0 Å². The molecule has 2 atom stereocenters. The number of ether oxygens (including phenoxy) is 3. The van der Waals surface area contributed by atoms with Crippen molar-refractivity contribution in [2.75, 3.05) is 19.8 Å². The van der Waals surface area contributed by atoms with Gasteiger partial charge < -0.3 is 14.2 Å². The molecule has 1 aliphatic heterocycles. The molecule has 1 saturated carbocycles. The van der Waals surface area contributed by atoms with Crippen molar-refractivity contribution in [2.24, 2.45) is 11.8 Å². The van der Waals surface area contributed by atoms with Gasteiger partial charge in [-0.1, -0.05) is 17.9 Å². The van der Waals surface area contributed by atoms with Crippen LogP contribution in [-0.2, 0) is 19.0 Å². The minimum absolute atomic E-state index is 0.0260. The van der Waals surface area contributed by atoms with Gasteiger partial charge in [-0.25, -0.2) is 22.8 Å². The summed E-state index contributed by atoms with van der Waals surface area (Å²) in [6.45, 7) is 21.6. The van der Waals surface area contributed by atoms with Crippen LogP contribution in [0.5, 0.6) is 0 Å². The van der Waals surface area contributed by atoms with Gasteiger partial charge in [-0.3, -0.25) is 4.79 Å². The molecular weight excluding hydrogens is 320 g/mol. The van der Waals surface area contributed by atoms with Crippen LogP contribution < -0.4 is 0 Å². The Morgan fingerprint density at radius 1 is 1.40 bits per heavy atom. The van der Waals surface area contributed by atoms with E-state index in [4.69, 9.17) is 27.4 Å². The van der Waals surface area contributed by atoms with Gasteiger partial charge >= 0.3 is 11.6 Å². The molecule has 0 N–H and O–H groups in total. The third-order valence-electron chi connectivity index (χ3n) is 4.82. The van der Waals surface area contributed by atoms with Crippen molar-refractivity contribution in [1.29, 1.82) is 0 Å². The molecule has 0 aromatic rings. The molecule has 2 aliphatic rings. The average Bonchev–Trinajstić information content (AvgIpc) is 3.06. The Kier molecular flexibility index (Phi) is 6.21. The zero-order chi connectivity index (χ0) is 18.3. The summed E-state index contributed by atoms with van der Waals surface area (Å²) in [6, 6.07) is 0. The second-order valence-corrected chi connectivity index (χ2v) is 6.27. The number of esters is 1. The van der Waals surface area contributed by atoms with Gasteiger partial charge in [0, 0.05) is 25.7 Å². The number of rotatable bonds is 4. The summed E-state index contributed by atoms with van der Waals surface area (Å²) in [6.07, 6.45) is 3.83.